The zero-order chi connectivity index (χ0) is 15.1. The molecule has 2 aromatic rings. The number of hydrogen-bond acceptors (Lipinski definition) is 3. The number of carbonyl (C=O) groups is 1. The standard InChI is InChI=1S/C18H19NOS/c1-14-8-10-16(11-9-14)17(20)12-18(21-2)19-13-15-6-4-3-5-7-15/h3-12,19H,13H2,1-2H3/b18-12-. The maximum Gasteiger partial charge on any atom is 0.188 e. The predicted molar refractivity (Wildman–Crippen MR) is 90.4 cm³/mol. The van der Waals surface area contributed by atoms with Crippen LogP contribution < -0.4 is 5.32 Å². The number of allylic oxidation sites excluding steroid dienone is 1. The molecule has 2 aromatic carbocycles. The van der Waals surface area contributed by atoms with Crippen LogP contribution >= 0.6 is 11.8 Å². The van der Waals surface area contributed by atoms with E-state index in [9.17, 15) is 4.79 Å². The number of aryl methyl sites for hydroxylation is 1. The van der Waals surface area contributed by atoms with E-state index < -0.39 is 0 Å². The molecule has 21 heavy (non-hydrogen) atoms. The van der Waals surface area contributed by atoms with E-state index in [-0.39, 0.29) is 5.78 Å². The molecular weight excluding hydrogens is 278 g/mol. The van der Waals surface area contributed by atoms with Crippen LogP contribution in [0.2, 0.25) is 0 Å². The van der Waals surface area contributed by atoms with Gasteiger partial charge in [-0.15, -0.1) is 11.8 Å². The van der Waals surface area contributed by atoms with Crippen molar-refractivity contribution in [2.24, 2.45) is 0 Å². The molecule has 0 spiro atoms. The first-order valence-corrected chi connectivity index (χ1v) is 8.06. The lowest BCUT2D eigenvalue weighted by atomic mass is 10.1. The van der Waals surface area contributed by atoms with Gasteiger partial charge < -0.3 is 5.32 Å². The topological polar surface area (TPSA) is 29.1 Å². The van der Waals surface area contributed by atoms with E-state index in [4.69, 9.17) is 0 Å². The molecule has 0 aliphatic carbocycles. The molecule has 0 aliphatic heterocycles. The lowest BCUT2D eigenvalue weighted by Crippen LogP contribution is -2.12. The van der Waals surface area contributed by atoms with Gasteiger partial charge in [0.05, 0.1) is 5.03 Å². The fourth-order valence-electron chi connectivity index (χ4n) is 1.89. The highest BCUT2D eigenvalue weighted by Crippen LogP contribution is 2.12. The van der Waals surface area contributed by atoms with Crippen LogP contribution in [-0.2, 0) is 6.54 Å². The van der Waals surface area contributed by atoms with Crippen LogP contribution in [0.4, 0.5) is 0 Å². The Morgan fingerprint density at radius 2 is 1.76 bits per heavy atom. The lowest BCUT2D eigenvalue weighted by Gasteiger charge is -2.08. The van der Waals surface area contributed by atoms with Crippen molar-refractivity contribution in [1.29, 1.82) is 0 Å². The Bertz CT molecular complexity index is 617. The molecule has 0 aromatic heterocycles. The van der Waals surface area contributed by atoms with Gasteiger partial charge in [-0.3, -0.25) is 4.79 Å². The number of carbonyl (C=O) groups excluding carboxylic acids is 1. The molecule has 0 saturated heterocycles. The molecule has 0 saturated carbocycles. The predicted octanol–water partition coefficient (Wildman–Crippen LogP) is 4.17. The molecule has 0 aliphatic rings. The second kappa shape index (κ2) is 7.70. The fraction of sp³-hybridized carbons (Fsp3) is 0.167. The summed E-state index contributed by atoms with van der Waals surface area (Å²) < 4.78 is 0. The Balaban J connectivity index is 2.02. The van der Waals surface area contributed by atoms with Gasteiger partial charge in [0.25, 0.3) is 0 Å². The number of nitrogens with one attached hydrogen (secondary N) is 1. The Hall–Kier alpha value is -2.00. The van der Waals surface area contributed by atoms with Gasteiger partial charge >= 0.3 is 0 Å². The minimum Gasteiger partial charge on any atom is -0.376 e. The molecule has 108 valence electrons. The van der Waals surface area contributed by atoms with E-state index in [0.717, 1.165) is 10.6 Å². The fourth-order valence-corrected chi connectivity index (χ4v) is 2.33. The molecule has 0 fully saturated rings. The van der Waals surface area contributed by atoms with Crippen molar-refractivity contribution in [3.05, 3.63) is 82.4 Å². The molecule has 0 bridgehead atoms. The zero-order valence-corrected chi connectivity index (χ0v) is 13.1. The summed E-state index contributed by atoms with van der Waals surface area (Å²) in [4.78, 5) is 12.2. The average Bonchev–Trinajstić information content (AvgIpc) is 2.53. The molecule has 0 amide bonds. The lowest BCUT2D eigenvalue weighted by molar-refractivity contribution is 0.104. The van der Waals surface area contributed by atoms with Gasteiger partial charge in [0.2, 0.25) is 0 Å². The second-order valence-electron chi connectivity index (χ2n) is 4.78. The van der Waals surface area contributed by atoms with Crippen molar-refractivity contribution < 1.29 is 4.79 Å². The number of rotatable bonds is 6. The third-order valence-corrected chi connectivity index (χ3v) is 3.83. The van der Waals surface area contributed by atoms with E-state index >= 15 is 0 Å². The maximum absolute atomic E-state index is 12.2. The van der Waals surface area contributed by atoms with Crippen LogP contribution in [0.1, 0.15) is 21.5 Å². The summed E-state index contributed by atoms with van der Waals surface area (Å²) in [6.07, 6.45) is 3.63. The van der Waals surface area contributed by atoms with Gasteiger partial charge in [-0.25, -0.2) is 0 Å². The smallest absolute Gasteiger partial charge is 0.188 e. The van der Waals surface area contributed by atoms with Gasteiger partial charge in [0, 0.05) is 18.2 Å². The van der Waals surface area contributed by atoms with Crippen LogP contribution in [0.15, 0.2) is 65.7 Å². The Morgan fingerprint density at radius 1 is 1.10 bits per heavy atom. The first kappa shape index (κ1) is 15.4. The number of benzene rings is 2. The van der Waals surface area contributed by atoms with Crippen LogP contribution in [0.5, 0.6) is 0 Å². The summed E-state index contributed by atoms with van der Waals surface area (Å²) in [7, 11) is 0. The highest BCUT2D eigenvalue weighted by molar-refractivity contribution is 8.02. The van der Waals surface area contributed by atoms with Crippen LogP contribution in [0.25, 0.3) is 0 Å². The van der Waals surface area contributed by atoms with Crippen LogP contribution in [0.3, 0.4) is 0 Å². The molecule has 0 radical (unpaired) electrons. The monoisotopic (exact) mass is 297 g/mol. The van der Waals surface area contributed by atoms with Gasteiger partial charge in [0.15, 0.2) is 5.78 Å². The molecule has 0 heterocycles. The summed E-state index contributed by atoms with van der Waals surface area (Å²) in [5, 5.41) is 4.18. The van der Waals surface area contributed by atoms with Gasteiger partial charge in [-0.1, -0.05) is 60.2 Å². The SMILES string of the molecule is CS/C(=C\C(=O)c1ccc(C)cc1)NCc1ccccc1. The zero-order valence-electron chi connectivity index (χ0n) is 12.3. The summed E-state index contributed by atoms with van der Waals surface area (Å²) >= 11 is 1.54. The Labute approximate surface area is 130 Å². The normalized spacial score (nSPS) is 11.2. The number of thioether (sulfide) groups is 1. The van der Waals surface area contributed by atoms with Crippen molar-refractivity contribution in [1.82, 2.24) is 5.32 Å². The number of hydrogen-bond donors (Lipinski definition) is 1. The molecule has 0 atom stereocenters. The van der Waals surface area contributed by atoms with E-state index in [1.54, 1.807) is 17.8 Å². The molecule has 2 rings (SSSR count). The minimum atomic E-state index is 0.0277. The van der Waals surface area contributed by atoms with E-state index in [1.165, 1.54) is 5.56 Å². The van der Waals surface area contributed by atoms with Crippen LogP contribution in [-0.4, -0.2) is 12.0 Å². The molecule has 3 heteroatoms. The molecule has 1 N–H and O–H groups in total. The van der Waals surface area contributed by atoms with Crippen molar-refractivity contribution in [2.75, 3.05) is 6.26 Å². The Morgan fingerprint density at radius 3 is 2.38 bits per heavy atom. The van der Waals surface area contributed by atoms with Gasteiger partial charge in [0.1, 0.15) is 0 Å². The van der Waals surface area contributed by atoms with Crippen molar-refractivity contribution in [3.8, 4) is 0 Å². The van der Waals surface area contributed by atoms with E-state index in [1.807, 2.05) is 55.6 Å². The first-order valence-electron chi connectivity index (χ1n) is 6.83. The molecule has 2 nitrogen and oxygen atoms in total. The minimum absolute atomic E-state index is 0.0277. The largest absolute Gasteiger partial charge is 0.376 e. The highest BCUT2D eigenvalue weighted by atomic mass is 32.2. The summed E-state index contributed by atoms with van der Waals surface area (Å²) in [5.74, 6) is 0.0277. The summed E-state index contributed by atoms with van der Waals surface area (Å²) in [5.41, 5.74) is 3.07. The summed E-state index contributed by atoms with van der Waals surface area (Å²) in [6, 6.07) is 17.8. The Kier molecular flexibility index (Phi) is 5.64. The summed E-state index contributed by atoms with van der Waals surface area (Å²) in [6.45, 7) is 2.73. The van der Waals surface area contributed by atoms with Gasteiger partial charge in [-0.05, 0) is 18.7 Å². The van der Waals surface area contributed by atoms with Gasteiger partial charge in [-0.2, -0.15) is 0 Å². The van der Waals surface area contributed by atoms with Crippen molar-refractivity contribution >= 4 is 17.5 Å². The quantitative estimate of drug-likeness (QED) is 0.641. The second-order valence-corrected chi connectivity index (χ2v) is 5.63. The third-order valence-electron chi connectivity index (χ3n) is 3.13. The molecular formula is C18H19NOS. The van der Waals surface area contributed by atoms with E-state index in [2.05, 4.69) is 17.4 Å². The molecule has 0 unspecified atom stereocenters. The average molecular weight is 297 g/mol. The van der Waals surface area contributed by atoms with Crippen molar-refractivity contribution in [3.63, 3.8) is 0 Å². The van der Waals surface area contributed by atoms with Crippen LogP contribution in [0, 0.1) is 6.92 Å². The number of ketones is 1. The highest BCUT2D eigenvalue weighted by Gasteiger charge is 2.04. The maximum atomic E-state index is 12.2. The third kappa shape index (κ3) is 4.80. The van der Waals surface area contributed by atoms with E-state index in [0.29, 0.717) is 12.1 Å². The van der Waals surface area contributed by atoms with Crippen molar-refractivity contribution in [2.45, 2.75) is 13.5 Å². The first-order chi connectivity index (χ1) is 10.2.